The molecule has 2 bridgehead atoms. The van der Waals surface area contributed by atoms with Gasteiger partial charge in [-0.3, -0.25) is 9.59 Å². The number of carbonyl (C=O) groups excluding carboxylic acids is 2. The summed E-state index contributed by atoms with van der Waals surface area (Å²) in [5.41, 5.74) is -2.40. The second-order valence-electron chi connectivity index (χ2n) is 5.51. The summed E-state index contributed by atoms with van der Waals surface area (Å²) in [5.74, 6) is -0.477. The van der Waals surface area contributed by atoms with Gasteiger partial charge in [-0.15, -0.1) is 0 Å². The lowest BCUT2D eigenvalue weighted by Crippen LogP contribution is -2.43. The van der Waals surface area contributed by atoms with Crippen molar-refractivity contribution in [1.82, 2.24) is 0 Å². The van der Waals surface area contributed by atoms with E-state index in [1.54, 1.807) is 0 Å². The van der Waals surface area contributed by atoms with Crippen LogP contribution in [0.5, 0.6) is 0 Å². The van der Waals surface area contributed by atoms with Crippen molar-refractivity contribution in [2.75, 3.05) is 13.8 Å². The predicted molar refractivity (Wildman–Crippen MR) is 55.5 cm³/mol. The molecular weight excluding hydrogens is 211 g/mol. The number of methoxy groups -OCH3 is 1. The molecule has 0 radical (unpaired) electrons. The largest absolute Gasteiger partial charge is 0.469 e. The highest BCUT2D eigenvalue weighted by Gasteiger charge is 2.75. The molecule has 0 aromatic carbocycles. The van der Waals surface area contributed by atoms with Gasteiger partial charge in [0.05, 0.1) is 17.9 Å². The highest BCUT2D eigenvalue weighted by atomic mass is 19.1. The highest BCUT2D eigenvalue weighted by Crippen LogP contribution is 2.71. The van der Waals surface area contributed by atoms with Crippen LogP contribution in [0.25, 0.3) is 0 Å². The van der Waals surface area contributed by atoms with Crippen molar-refractivity contribution in [3.8, 4) is 0 Å². The first kappa shape index (κ1) is 11.6. The number of fused-ring (bicyclic) bond motifs is 2. The molecule has 4 heteroatoms. The van der Waals surface area contributed by atoms with Crippen LogP contribution in [-0.4, -0.2) is 25.5 Å². The number of Topliss-reactive ketones (excluding diaryl/α,β-unsaturated/α-hetero) is 1. The average Bonchev–Trinajstić information content (AvgIpc) is 2.58. The zero-order chi connectivity index (χ0) is 12.2. The fourth-order valence-electron chi connectivity index (χ4n) is 3.68. The Bertz CT molecular complexity index is 361. The third kappa shape index (κ3) is 0.897. The first-order chi connectivity index (χ1) is 7.38. The molecular formula is C12H17FO3. The van der Waals surface area contributed by atoms with E-state index < -0.39 is 22.9 Å². The fraction of sp³-hybridized carbons (Fsp3) is 0.833. The molecule has 2 saturated carbocycles. The van der Waals surface area contributed by atoms with E-state index in [1.165, 1.54) is 7.11 Å². The van der Waals surface area contributed by atoms with Crippen LogP contribution in [-0.2, 0) is 14.3 Å². The third-order valence-corrected chi connectivity index (χ3v) is 5.17. The number of hydrogen-bond acceptors (Lipinski definition) is 3. The first-order valence-corrected chi connectivity index (χ1v) is 5.56. The number of hydrogen-bond donors (Lipinski definition) is 0. The molecule has 0 N–H and O–H groups in total. The van der Waals surface area contributed by atoms with Gasteiger partial charge in [0.1, 0.15) is 12.5 Å². The smallest absolute Gasteiger partial charge is 0.312 e. The molecule has 0 aromatic rings. The molecule has 2 aliphatic carbocycles. The molecule has 0 spiro atoms. The number of alkyl halides is 1. The average molecular weight is 228 g/mol. The predicted octanol–water partition coefficient (Wildman–Crippen LogP) is 1.89. The zero-order valence-electron chi connectivity index (χ0n) is 9.93. The molecule has 0 unspecified atom stereocenters. The minimum absolute atomic E-state index is 0.114. The Kier molecular flexibility index (Phi) is 2.20. The molecule has 0 aromatic heterocycles. The maximum absolute atomic E-state index is 13.3. The summed E-state index contributed by atoms with van der Waals surface area (Å²) in [6.45, 7) is 2.97. The topological polar surface area (TPSA) is 43.4 Å². The van der Waals surface area contributed by atoms with Gasteiger partial charge in [-0.25, -0.2) is 4.39 Å². The van der Waals surface area contributed by atoms with Gasteiger partial charge >= 0.3 is 5.97 Å². The van der Waals surface area contributed by atoms with Crippen molar-refractivity contribution in [3.05, 3.63) is 0 Å². The Morgan fingerprint density at radius 3 is 2.44 bits per heavy atom. The van der Waals surface area contributed by atoms with Crippen molar-refractivity contribution < 1.29 is 18.7 Å². The summed E-state index contributed by atoms with van der Waals surface area (Å²) in [6.07, 6.45) is 1.16. The van der Waals surface area contributed by atoms with E-state index in [4.69, 9.17) is 4.74 Å². The maximum atomic E-state index is 13.3. The summed E-state index contributed by atoms with van der Waals surface area (Å²) >= 11 is 0. The van der Waals surface area contributed by atoms with E-state index in [0.717, 1.165) is 0 Å². The molecule has 2 rings (SSSR count). The number of ketones is 1. The van der Waals surface area contributed by atoms with E-state index in [0.29, 0.717) is 12.8 Å². The Morgan fingerprint density at radius 1 is 1.44 bits per heavy atom. The molecule has 0 aliphatic heterocycles. The van der Waals surface area contributed by atoms with Crippen LogP contribution >= 0.6 is 0 Å². The summed E-state index contributed by atoms with van der Waals surface area (Å²) in [4.78, 5) is 23.9. The molecule has 2 aliphatic rings. The molecule has 0 heterocycles. The number of rotatable bonds is 2. The van der Waals surface area contributed by atoms with Crippen LogP contribution in [0.1, 0.15) is 33.1 Å². The van der Waals surface area contributed by atoms with Crippen molar-refractivity contribution in [1.29, 1.82) is 0 Å². The van der Waals surface area contributed by atoms with Crippen molar-refractivity contribution in [2.45, 2.75) is 33.1 Å². The maximum Gasteiger partial charge on any atom is 0.312 e. The van der Waals surface area contributed by atoms with E-state index in [9.17, 15) is 14.0 Å². The summed E-state index contributed by atoms with van der Waals surface area (Å²) < 4.78 is 18.1. The van der Waals surface area contributed by atoms with Crippen LogP contribution in [0.3, 0.4) is 0 Å². The monoisotopic (exact) mass is 228 g/mol. The van der Waals surface area contributed by atoms with Crippen LogP contribution in [0.2, 0.25) is 0 Å². The van der Waals surface area contributed by atoms with Gasteiger partial charge in [0.25, 0.3) is 0 Å². The number of esters is 1. The van der Waals surface area contributed by atoms with Gasteiger partial charge in [0.15, 0.2) is 0 Å². The van der Waals surface area contributed by atoms with E-state index >= 15 is 0 Å². The molecule has 2 fully saturated rings. The van der Waals surface area contributed by atoms with Gasteiger partial charge in [0, 0.05) is 6.42 Å². The molecule has 3 nitrogen and oxygen atoms in total. The van der Waals surface area contributed by atoms with Crippen LogP contribution in [0, 0.1) is 16.2 Å². The Hall–Kier alpha value is -0.930. The SMILES string of the molecule is COC(=O)[C@@]12CC[C@@](CF)(C(=O)C1)C2(C)C. The first-order valence-electron chi connectivity index (χ1n) is 5.56. The summed E-state index contributed by atoms with van der Waals surface area (Å²) in [5, 5.41) is 0. The minimum Gasteiger partial charge on any atom is -0.469 e. The minimum atomic E-state index is -0.957. The van der Waals surface area contributed by atoms with E-state index in [2.05, 4.69) is 0 Å². The molecule has 0 amide bonds. The highest BCUT2D eigenvalue weighted by molar-refractivity contribution is 5.98. The second kappa shape index (κ2) is 3.05. The number of halogens is 1. The van der Waals surface area contributed by atoms with Gasteiger partial charge in [-0.1, -0.05) is 13.8 Å². The number of carbonyl (C=O) groups is 2. The van der Waals surface area contributed by atoms with Crippen LogP contribution in [0.15, 0.2) is 0 Å². The van der Waals surface area contributed by atoms with Crippen LogP contribution in [0.4, 0.5) is 4.39 Å². The van der Waals surface area contributed by atoms with Crippen LogP contribution < -0.4 is 0 Å². The quantitative estimate of drug-likeness (QED) is 0.678. The fourth-order valence-corrected chi connectivity index (χ4v) is 3.68. The standard InChI is InChI=1S/C12H17FO3/c1-10(2)11(9(15)16-3)4-5-12(10,7-13)8(14)6-11/h4-7H2,1-3H3/t11-,12-/m1/s1. The van der Waals surface area contributed by atoms with Crippen molar-refractivity contribution in [3.63, 3.8) is 0 Å². The lowest BCUT2D eigenvalue weighted by Gasteiger charge is -2.38. The number of ether oxygens (including phenoxy) is 1. The third-order valence-electron chi connectivity index (χ3n) is 5.17. The lowest BCUT2D eigenvalue weighted by molar-refractivity contribution is -0.158. The Balaban J connectivity index is 2.54. The van der Waals surface area contributed by atoms with Crippen molar-refractivity contribution in [2.24, 2.45) is 16.2 Å². The molecule has 2 atom stereocenters. The normalized spacial score (nSPS) is 40.1. The Morgan fingerprint density at radius 2 is 2.06 bits per heavy atom. The van der Waals surface area contributed by atoms with Gasteiger partial charge in [0.2, 0.25) is 0 Å². The Labute approximate surface area is 94.3 Å². The summed E-state index contributed by atoms with van der Waals surface area (Å²) in [7, 11) is 1.32. The lowest BCUT2D eigenvalue weighted by atomic mass is 9.64. The molecule has 0 saturated heterocycles. The molecule has 90 valence electrons. The van der Waals surface area contributed by atoms with E-state index in [1.807, 2.05) is 13.8 Å². The van der Waals surface area contributed by atoms with Gasteiger partial charge in [-0.05, 0) is 18.3 Å². The van der Waals surface area contributed by atoms with Crippen molar-refractivity contribution >= 4 is 11.8 Å². The van der Waals surface area contributed by atoms with Gasteiger partial charge < -0.3 is 4.74 Å². The zero-order valence-corrected chi connectivity index (χ0v) is 9.93. The second-order valence-corrected chi connectivity index (χ2v) is 5.51. The van der Waals surface area contributed by atoms with Gasteiger partial charge in [-0.2, -0.15) is 0 Å². The summed E-state index contributed by atoms with van der Waals surface area (Å²) in [6, 6.07) is 0. The van der Waals surface area contributed by atoms with E-state index in [-0.39, 0.29) is 18.2 Å². The molecule has 16 heavy (non-hydrogen) atoms.